The third-order valence-corrected chi connectivity index (χ3v) is 9.05. The second kappa shape index (κ2) is 9.31. The zero-order chi connectivity index (χ0) is 23.9. The topological polar surface area (TPSA) is 0 Å². The zero-order valence-corrected chi connectivity index (χ0v) is 22.9. The summed E-state index contributed by atoms with van der Waals surface area (Å²) in [6, 6.07) is 15.7. The molecule has 2 atom stereocenters. The van der Waals surface area contributed by atoms with E-state index in [1.54, 1.807) is 5.57 Å². The highest BCUT2D eigenvalue weighted by atomic mass is 32.2. The summed E-state index contributed by atoms with van der Waals surface area (Å²) in [5.74, 6) is 0.653. The summed E-state index contributed by atoms with van der Waals surface area (Å²) in [5.41, 5.74) is 11.9. The van der Waals surface area contributed by atoms with Crippen LogP contribution in [0, 0.1) is 5.92 Å². The van der Waals surface area contributed by atoms with Gasteiger partial charge in [0, 0.05) is 21.1 Å². The van der Waals surface area contributed by atoms with Gasteiger partial charge in [0.1, 0.15) is 0 Å². The predicted octanol–water partition coefficient (Wildman–Crippen LogP) is 9.15. The van der Waals surface area contributed by atoms with Crippen LogP contribution in [0.1, 0.15) is 77.1 Å². The van der Waals surface area contributed by atoms with Gasteiger partial charge in [-0.15, -0.1) is 0 Å². The molecule has 2 heteroatoms. The monoisotopic (exact) mass is 467 g/mol. The van der Waals surface area contributed by atoms with Crippen LogP contribution in [-0.4, -0.2) is 10.2 Å². The Hall–Kier alpha value is -2.03. The van der Waals surface area contributed by atoms with E-state index < -0.39 is 0 Å². The van der Waals surface area contributed by atoms with Crippen molar-refractivity contribution < 1.29 is 0 Å². The van der Waals surface area contributed by atoms with Crippen LogP contribution < -0.4 is 0 Å². The molecule has 0 bridgehead atoms. The van der Waals surface area contributed by atoms with Gasteiger partial charge in [0.15, 0.2) is 0 Å². The van der Waals surface area contributed by atoms with E-state index >= 15 is 0 Å². The largest absolute Gasteiger partial charge is 0.0983 e. The molecule has 2 aromatic carbocycles. The van der Waals surface area contributed by atoms with Gasteiger partial charge in [0.2, 0.25) is 0 Å². The molecule has 33 heavy (non-hydrogen) atoms. The predicted molar refractivity (Wildman–Crippen MR) is 149 cm³/mol. The summed E-state index contributed by atoms with van der Waals surface area (Å²) < 4.78 is 0. The zero-order valence-electron chi connectivity index (χ0n) is 21.0. The summed E-state index contributed by atoms with van der Waals surface area (Å²) >= 11 is 1.94. The third-order valence-electron chi connectivity index (χ3n) is 7.13. The molecule has 2 aromatic rings. The standard InChI is InChI=1S/C21H23Si.C10H12S/c1-5-14-13-19-17(7-6-8-18(19)20(14)22)15-9-11-16(12-10-15)21(2,3)4;1-6-4-5-9-10(6)7(2)8(3)11-9/h6-13,20H,5H2,1-4H3;4-5,10H,1-3H3. The second-order valence-corrected chi connectivity index (χ2v) is 12.3. The van der Waals surface area contributed by atoms with E-state index in [9.17, 15) is 0 Å². The highest BCUT2D eigenvalue weighted by Crippen LogP contribution is 2.50. The lowest BCUT2D eigenvalue weighted by atomic mass is 9.86. The van der Waals surface area contributed by atoms with Crippen LogP contribution in [-0.2, 0) is 5.41 Å². The van der Waals surface area contributed by atoms with E-state index in [0.29, 0.717) is 11.5 Å². The van der Waals surface area contributed by atoms with E-state index in [0.717, 1.165) is 6.42 Å². The van der Waals surface area contributed by atoms with Gasteiger partial charge in [-0.1, -0.05) is 117 Å². The Morgan fingerprint density at radius 1 is 0.939 bits per heavy atom. The molecular formula is C31H35SSi. The third kappa shape index (κ3) is 4.65. The Balaban J connectivity index is 0.000000196. The molecule has 0 nitrogen and oxygen atoms in total. The molecule has 3 aliphatic rings. The minimum Gasteiger partial charge on any atom is -0.0983 e. The maximum Gasteiger partial charge on any atom is 0.0392 e. The normalized spacial score (nSPS) is 21.2. The minimum absolute atomic E-state index is 0.202. The summed E-state index contributed by atoms with van der Waals surface area (Å²) in [4.78, 5) is 3.02. The summed E-state index contributed by atoms with van der Waals surface area (Å²) in [7, 11) is 3.90. The van der Waals surface area contributed by atoms with E-state index in [1.807, 2.05) is 11.8 Å². The number of hydrogen-bond donors (Lipinski definition) is 0. The first-order chi connectivity index (χ1) is 15.6. The molecule has 5 rings (SSSR count). The SMILES string of the molecule is CC1=CC=C2SC(C)=C(C)C12.CCC1=Cc2c(-c3ccc(C(C)(C)C)cc3)cccc2C1[Si]. The average Bonchev–Trinajstić information content (AvgIpc) is 3.41. The summed E-state index contributed by atoms with van der Waals surface area (Å²) in [6.45, 7) is 15.7. The van der Waals surface area contributed by atoms with Crippen molar-refractivity contribution in [3.63, 3.8) is 0 Å². The highest BCUT2D eigenvalue weighted by Gasteiger charge is 2.29. The molecule has 1 heterocycles. The number of benzene rings is 2. The van der Waals surface area contributed by atoms with Crippen LogP contribution in [0.5, 0.6) is 0 Å². The van der Waals surface area contributed by atoms with Crippen LogP contribution >= 0.6 is 11.8 Å². The molecule has 0 spiro atoms. The van der Waals surface area contributed by atoms with Gasteiger partial charge >= 0.3 is 0 Å². The fourth-order valence-corrected chi connectivity index (χ4v) is 6.70. The molecule has 2 aliphatic carbocycles. The quantitative estimate of drug-likeness (QED) is 0.397. The van der Waals surface area contributed by atoms with Crippen molar-refractivity contribution in [2.24, 2.45) is 5.92 Å². The molecule has 0 aromatic heterocycles. The van der Waals surface area contributed by atoms with Crippen molar-refractivity contribution in [1.82, 2.24) is 0 Å². The van der Waals surface area contributed by atoms with Gasteiger partial charge in [-0.25, -0.2) is 0 Å². The molecule has 3 radical (unpaired) electrons. The fourth-order valence-electron chi connectivity index (χ4n) is 4.91. The highest BCUT2D eigenvalue weighted by molar-refractivity contribution is 8.07. The van der Waals surface area contributed by atoms with Crippen molar-refractivity contribution in [1.29, 1.82) is 0 Å². The van der Waals surface area contributed by atoms with E-state index in [-0.39, 0.29) is 5.41 Å². The Morgan fingerprint density at radius 2 is 1.64 bits per heavy atom. The Kier molecular flexibility index (Phi) is 6.80. The number of fused-ring (bicyclic) bond motifs is 2. The Bertz CT molecular complexity index is 1180. The van der Waals surface area contributed by atoms with Crippen molar-refractivity contribution in [3.05, 3.63) is 97.8 Å². The lowest BCUT2D eigenvalue weighted by Crippen LogP contribution is -2.10. The second-order valence-electron chi connectivity index (χ2n) is 10.4. The number of thioether (sulfide) groups is 1. The van der Waals surface area contributed by atoms with E-state index in [2.05, 4.69) is 119 Å². The summed E-state index contributed by atoms with van der Waals surface area (Å²) in [6.07, 6.45) is 7.94. The lowest BCUT2D eigenvalue weighted by Gasteiger charge is -2.19. The van der Waals surface area contributed by atoms with Crippen LogP contribution in [0.2, 0.25) is 0 Å². The molecule has 0 N–H and O–H groups in total. The van der Waals surface area contributed by atoms with Gasteiger partial charge < -0.3 is 0 Å². The van der Waals surface area contributed by atoms with Crippen LogP contribution in [0.4, 0.5) is 0 Å². The Morgan fingerprint density at radius 3 is 2.24 bits per heavy atom. The van der Waals surface area contributed by atoms with Crippen LogP contribution in [0.25, 0.3) is 17.2 Å². The molecule has 1 aliphatic heterocycles. The van der Waals surface area contributed by atoms with Crippen molar-refractivity contribution in [2.45, 2.75) is 65.8 Å². The van der Waals surface area contributed by atoms with Crippen LogP contribution in [0.3, 0.4) is 0 Å². The first kappa shape index (κ1) is 24.1. The fraction of sp³-hybridized carbons (Fsp3) is 0.355. The van der Waals surface area contributed by atoms with E-state index in [1.165, 1.54) is 48.8 Å². The number of rotatable bonds is 2. The minimum atomic E-state index is 0.202. The van der Waals surface area contributed by atoms with Gasteiger partial charge in [-0.2, -0.15) is 0 Å². The molecule has 169 valence electrons. The Labute approximate surface area is 208 Å². The smallest absolute Gasteiger partial charge is 0.0392 e. The maximum atomic E-state index is 3.90. The van der Waals surface area contributed by atoms with E-state index in [4.69, 9.17) is 0 Å². The molecule has 0 fully saturated rings. The maximum absolute atomic E-state index is 3.90. The van der Waals surface area contributed by atoms with Crippen molar-refractivity contribution in [2.75, 3.05) is 0 Å². The van der Waals surface area contributed by atoms with Gasteiger partial charge in [0.05, 0.1) is 0 Å². The molecule has 0 amide bonds. The van der Waals surface area contributed by atoms with Crippen molar-refractivity contribution >= 4 is 28.1 Å². The first-order valence-electron chi connectivity index (χ1n) is 12.0. The number of allylic oxidation sites excluding steroid dienone is 7. The average molecular weight is 468 g/mol. The molecule has 0 saturated heterocycles. The van der Waals surface area contributed by atoms with Gasteiger partial charge in [-0.05, 0) is 70.9 Å². The van der Waals surface area contributed by atoms with Crippen molar-refractivity contribution in [3.8, 4) is 11.1 Å². The number of hydrogen-bond acceptors (Lipinski definition) is 1. The first-order valence-corrected chi connectivity index (χ1v) is 13.4. The molecular weight excluding hydrogens is 432 g/mol. The molecule has 0 saturated carbocycles. The van der Waals surface area contributed by atoms with Crippen LogP contribution in [0.15, 0.2) is 81.1 Å². The summed E-state index contributed by atoms with van der Waals surface area (Å²) in [5, 5.41) is 0. The molecule has 2 unspecified atom stereocenters. The lowest BCUT2D eigenvalue weighted by molar-refractivity contribution is 0.590. The van der Waals surface area contributed by atoms with Gasteiger partial charge in [-0.3, -0.25) is 0 Å². The van der Waals surface area contributed by atoms with Gasteiger partial charge in [0.25, 0.3) is 0 Å².